The van der Waals surface area contributed by atoms with E-state index in [1.54, 1.807) is 34.6 Å². The van der Waals surface area contributed by atoms with Crippen LogP contribution in [0.25, 0.3) is 21.8 Å². The van der Waals surface area contributed by atoms with E-state index in [0.29, 0.717) is 12.8 Å². The van der Waals surface area contributed by atoms with E-state index in [2.05, 4.69) is 25.9 Å². The predicted molar refractivity (Wildman–Crippen MR) is 184 cm³/mol. The standard InChI is InChI=1S/C36H48N6O5/c1-22(2)17-31(43)40-30(19-24-21-38-28-16-12-10-14-26(24)28)41-32(44)29(18-23-20-37-27-15-11-9-13-25(23)27)39-33(45)36(6,7)42(8)34(46)47-35(3,4)5/h9-16,20-22,29-30,37-38H,17-19H2,1-8H3,(H,39,45)(H,40,43)(H,41,44)/t29-,30-/m1/s1. The molecular weight excluding hydrogens is 596 g/mol. The monoisotopic (exact) mass is 644 g/mol. The lowest BCUT2D eigenvalue weighted by molar-refractivity contribution is -0.135. The van der Waals surface area contributed by atoms with Crippen LogP contribution in [0.4, 0.5) is 4.79 Å². The van der Waals surface area contributed by atoms with Crippen LogP contribution in [0.15, 0.2) is 60.9 Å². The van der Waals surface area contributed by atoms with Crippen molar-refractivity contribution in [3.05, 3.63) is 72.1 Å². The Bertz CT molecular complexity index is 1730. The van der Waals surface area contributed by atoms with E-state index in [-0.39, 0.29) is 18.2 Å². The molecule has 5 N–H and O–H groups in total. The summed E-state index contributed by atoms with van der Waals surface area (Å²) in [6.07, 6.45) is 3.05. The molecule has 4 rings (SSSR count). The van der Waals surface area contributed by atoms with Crippen molar-refractivity contribution in [3.63, 3.8) is 0 Å². The second-order valence-electron chi connectivity index (χ2n) is 14.0. The number of H-pyrrole nitrogens is 2. The van der Waals surface area contributed by atoms with Gasteiger partial charge in [-0.1, -0.05) is 50.2 Å². The fourth-order valence-corrected chi connectivity index (χ4v) is 5.33. The minimum atomic E-state index is -1.37. The summed E-state index contributed by atoms with van der Waals surface area (Å²) in [4.78, 5) is 61.6. The molecule has 4 aromatic rings. The van der Waals surface area contributed by atoms with E-state index in [1.807, 2.05) is 74.8 Å². The summed E-state index contributed by atoms with van der Waals surface area (Å²) in [5.41, 5.74) is 1.48. The first-order valence-electron chi connectivity index (χ1n) is 16.0. The summed E-state index contributed by atoms with van der Waals surface area (Å²) < 4.78 is 5.50. The molecule has 11 nitrogen and oxygen atoms in total. The van der Waals surface area contributed by atoms with Gasteiger partial charge in [0.25, 0.3) is 0 Å². The molecular formula is C36H48N6O5. The maximum atomic E-state index is 14.2. The highest BCUT2D eigenvalue weighted by molar-refractivity contribution is 5.94. The number of carbonyl (C=O) groups is 4. The summed E-state index contributed by atoms with van der Waals surface area (Å²) in [6, 6.07) is 14.5. The lowest BCUT2D eigenvalue weighted by atomic mass is 9.99. The van der Waals surface area contributed by atoms with Gasteiger partial charge >= 0.3 is 6.09 Å². The highest BCUT2D eigenvalue weighted by Crippen LogP contribution is 2.22. The Kier molecular flexibility index (Phi) is 10.7. The number of amides is 4. The van der Waals surface area contributed by atoms with Crippen LogP contribution in [0.3, 0.4) is 0 Å². The summed E-state index contributed by atoms with van der Waals surface area (Å²) in [7, 11) is 1.49. The third kappa shape index (κ3) is 8.93. The average molecular weight is 645 g/mol. The van der Waals surface area contributed by atoms with Crippen LogP contribution >= 0.6 is 0 Å². The number of fused-ring (bicyclic) bond motifs is 2. The van der Waals surface area contributed by atoms with Gasteiger partial charge in [0.2, 0.25) is 17.7 Å². The molecule has 4 amide bonds. The van der Waals surface area contributed by atoms with E-state index in [4.69, 9.17) is 4.74 Å². The highest BCUT2D eigenvalue weighted by Gasteiger charge is 2.39. The van der Waals surface area contributed by atoms with Crippen LogP contribution in [-0.2, 0) is 32.0 Å². The quantitative estimate of drug-likeness (QED) is 0.135. The number of carbonyl (C=O) groups excluding carboxylic acids is 4. The fraction of sp³-hybridized carbons (Fsp3) is 0.444. The van der Waals surface area contributed by atoms with Crippen molar-refractivity contribution in [1.29, 1.82) is 0 Å². The van der Waals surface area contributed by atoms with Gasteiger partial charge in [0.1, 0.15) is 23.3 Å². The predicted octanol–water partition coefficient (Wildman–Crippen LogP) is 5.17. The zero-order valence-corrected chi connectivity index (χ0v) is 28.6. The lowest BCUT2D eigenvalue weighted by Crippen LogP contribution is -2.61. The average Bonchev–Trinajstić information content (AvgIpc) is 3.59. The van der Waals surface area contributed by atoms with Crippen molar-refractivity contribution in [2.75, 3.05) is 7.05 Å². The molecule has 0 aliphatic heterocycles. The molecule has 0 fully saturated rings. The van der Waals surface area contributed by atoms with Crippen molar-refractivity contribution >= 4 is 45.6 Å². The van der Waals surface area contributed by atoms with E-state index >= 15 is 0 Å². The van der Waals surface area contributed by atoms with Crippen molar-refractivity contribution in [2.24, 2.45) is 5.92 Å². The van der Waals surface area contributed by atoms with Crippen molar-refractivity contribution in [1.82, 2.24) is 30.8 Å². The SMILES string of the molecule is CC(C)CC(=O)N[C@@H](Cc1c[nH]c2ccccc12)NC(=O)[C@@H](Cc1c[nH]c2ccccc12)NC(=O)C(C)(C)N(C)C(=O)OC(C)(C)C. The van der Waals surface area contributed by atoms with Crippen LogP contribution in [0.5, 0.6) is 0 Å². The van der Waals surface area contributed by atoms with E-state index < -0.39 is 41.3 Å². The number of rotatable bonds is 12. The smallest absolute Gasteiger partial charge is 0.410 e. The normalized spacial score (nSPS) is 13.3. The Morgan fingerprint density at radius 2 is 1.32 bits per heavy atom. The number of nitrogens with zero attached hydrogens (tertiary/aromatic N) is 1. The van der Waals surface area contributed by atoms with Gasteiger partial charge in [-0.3, -0.25) is 19.3 Å². The molecule has 0 aliphatic carbocycles. The summed E-state index contributed by atoms with van der Waals surface area (Å²) in [6.45, 7) is 12.4. The molecule has 2 aromatic heterocycles. The fourth-order valence-electron chi connectivity index (χ4n) is 5.33. The van der Waals surface area contributed by atoms with Crippen LogP contribution < -0.4 is 16.0 Å². The topological polar surface area (TPSA) is 148 Å². The molecule has 47 heavy (non-hydrogen) atoms. The van der Waals surface area contributed by atoms with Gasteiger partial charge in [0, 0.05) is 60.5 Å². The molecule has 0 saturated heterocycles. The largest absolute Gasteiger partial charge is 0.444 e. The van der Waals surface area contributed by atoms with E-state index in [0.717, 1.165) is 32.9 Å². The van der Waals surface area contributed by atoms with Crippen molar-refractivity contribution in [2.45, 2.75) is 91.1 Å². The molecule has 0 saturated carbocycles. The number of para-hydroxylation sites is 2. The second kappa shape index (κ2) is 14.3. The number of aromatic amines is 2. The Morgan fingerprint density at radius 3 is 1.85 bits per heavy atom. The minimum Gasteiger partial charge on any atom is -0.444 e. The maximum absolute atomic E-state index is 14.2. The number of aromatic nitrogens is 2. The Labute approximate surface area is 276 Å². The first-order valence-corrected chi connectivity index (χ1v) is 16.0. The van der Waals surface area contributed by atoms with Gasteiger partial charge in [-0.2, -0.15) is 0 Å². The zero-order valence-electron chi connectivity index (χ0n) is 28.6. The van der Waals surface area contributed by atoms with Crippen LogP contribution in [0.2, 0.25) is 0 Å². The summed E-state index contributed by atoms with van der Waals surface area (Å²) in [5, 5.41) is 10.8. The molecule has 2 heterocycles. The van der Waals surface area contributed by atoms with Crippen molar-refractivity contribution in [3.8, 4) is 0 Å². The summed E-state index contributed by atoms with van der Waals surface area (Å²) in [5.74, 6) is -1.09. The van der Waals surface area contributed by atoms with Gasteiger partial charge in [-0.25, -0.2) is 4.79 Å². The van der Waals surface area contributed by atoms with Gasteiger partial charge in [0.05, 0.1) is 0 Å². The molecule has 0 aliphatic rings. The van der Waals surface area contributed by atoms with Crippen LogP contribution in [0, 0.1) is 5.92 Å². The number of hydrogen-bond acceptors (Lipinski definition) is 5. The van der Waals surface area contributed by atoms with E-state index in [1.165, 1.54) is 11.9 Å². The number of nitrogens with one attached hydrogen (secondary N) is 5. The molecule has 252 valence electrons. The first-order chi connectivity index (χ1) is 22.0. The third-order valence-corrected chi connectivity index (χ3v) is 8.13. The minimum absolute atomic E-state index is 0.123. The van der Waals surface area contributed by atoms with Crippen molar-refractivity contribution < 1.29 is 23.9 Å². The number of benzene rings is 2. The van der Waals surface area contributed by atoms with E-state index in [9.17, 15) is 19.2 Å². The molecule has 0 spiro atoms. The number of hydrogen-bond donors (Lipinski definition) is 5. The van der Waals surface area contributed by atoms with Crippen LogP contribution in [-0.4, -0.2) is 69.1 Å². The maximum Gasteiger partial charge on any atom is 0.410 e. The molecule has 2 atom stereocenters. The molecule has 11 heteroatoms. The Balaban J connectivity index is 1.63. The van der Waals surface area contributed by atoms with Gasteiger partial charge < -0.3 is 30.7 Å². The summed E-state index contributed by atoms with van der Waals surface area (Å²) >= 11 is 0. The molecule has 0 bridgehead atoms. The zero-order chi connectivity index (χ0) is 34.5. The van der Waals surface area contributed by atoms with Gasteiger partial charge in [-0.15, -0.1) is 0 Å². The second-order valence-corrected chi connectivity index (χ2v) is 14.0. The third-order valence-electron chi connectivity index (χ3n) is 8.13. The number of ether oxygens (including phenoxy) is 1. The number of likely N-dealkylation sites (N-methyl/N-ethyl adjacent to an activating group) is 1. The van der Waals surface area contributed by atoms with Crippen LogP contribution in [0.1, 0.15) is 66.0 Å². The lowest BCUT2D eigenvalue weighted by Gasteiger charge is -2.36. The molecule has 2 aromatic carbocycles. The Hall–Kier alpha value is -4.80. The Morgan fingerprint density at radius 1 is 0.787 bits per heavy atom. The molecule has 0 radical (unpaired) electrons. The van der Waals surface area contributed by atoms with Gasteiger partial charge in [-0.05, 0) is 63.8 Å². The molecule has 0 unspecified atom stereocenters. The first kappa shape index (κ1) is 35.1. The highest BCUT2D eigenvalue weighted by atomic mass is 16.6. The van der Waals surface area contributed by atoms with Gasteiger partial charge in [0.15, 0.2) is 0 Å².